The first-order chi connectivity index (χ1) is 9.54. The smallest absolute Gasteiger partial charge is 0.232 e. The summed E-state index contributed by atoms with van der Waals surface area (Å²) in [6.07, 6.45) is 0.259. The Bertz CT molecular complexity index is 668. The van der Waals surface area contributed by atoms with E-state index in [4.69, 9.17) is 4.52 Å². The van der Waals surface area contributed by atoms with E-state index in [0.717, 1.165) is 5.56 Å². The van der Waals surface area contributed by atoms with Gasteiger partial charge in [-0.05, 0) is 31.5 Å². The van der Waals surface area contributed by atoms with Crippen LogP contribution in [0.2, 0.25) is 0 Å². The van der Waals surface area contributed by atoms with Crippen molar-refractivity contribution in [1.82, 2.24) is 10.1 Å². The molecule has 1 fully saturated rings. The number of hydrogen-bond donors (Lipinski definition) is 0. The highest BCUT2D eigenvalue weighted by molar-refractivity contribution is 5.96. The quantitative estimate of drug-likeness (QED) is 0.844. The fourth-order valence-electron chi connectivity index (χ4n) is 2.41. The lowest BCUT2D eigenvalue weighted by Crippen LogP contribution is -2.25. The molecule has 2 heterocycles. The van der Waals surface area contributed by atoms with E-state index in [-0.39, 0.29) is 18.2 Å². The molecule has 2 aromatic rings. The van der Waals surface area contributed by atoms with Crippen molar-refractivity contribution >= 4 is 11.6 Å². The molecule has 0 spiro atoms. The molecule has 0 unspecified atom stereocenters. The first-order valence-corrected chi connectivity index (χ1v) is 6.41. The number of benzene rings is 1. The monoisotopic (exact) mass is 275 g/mol. The highest BCUT2D eigenvalue weighted by atomic mass is 19.1. The summed E-state index contributed by atoms with van der Waals surface area (Å²) < 4.78 is 19.0. The van der Waals surface area contributed by atoms with Gasteiger partial charge in [-0.25, -0.2) is 4.39 Å². The van der Waals surface area contributed by atoms with E-state index in [1.54, 1.807) is 19.1 Å². The number of hydrogen-bond acceptors (Lipinski definition) is 4. The van der Waals surface area contributed by atoms with Gasteiger partial charge in [-0.2, -0.15) is 4.98 Å². The molecule has 20 heavy (non-hydrogen) atoms. The molecule has 0 saturated carbocycles. The van der Waals surface area contributed by atoms with Crippen LogP contribution >= 0.6 is 0 Å². The van der Waals surface area contributed by atoms with Gasteiger partial charge in [-0.3, -0.25) is 4.79 Å². The summed E-state index contributed by atoms with van der Waals surface area (Å²) in [4.78, 5) is 17.7. The average molecular weight is 275 g/mol. The first kappa shape index (κ1) is 12.8. The average Bonchev–Trinajstić information content (AvgIpc) is 2.99. The molecule has 1 aliphatic heterocycles. The van der Waals surface area contributed by atoms with Crippen molar-refractivity contribution in [3.05, 3.63) is 41.3 Å². The van der Waals surface area contributed by atoms with Crippen molar-refractivity contribution in [3.63, 3.8) is 0 Å². The highest BCUT2D eigenvalue weighted by Gasteiger charge is 2.36. The Labute approximate surface area is 115 Å². The Hall–Kier alpha value is -2.24. The van der Waals surface area contributed by atoms with E-state index in [0.29, 0.717) is 23.9 Å². The van der Waals surface area contributed by atoms with Crippen LogP contribution in [0.4, 0.5) is 10.1 Å². The van der Waals surface area contributed by atoms with Gasteiger partial charge in [0, 0.05) is 13.0 Å². The van der Waals surface area contributed by atoms with Crippen molar-refractivity contribution in [2.45, 2.75) is 26.2 Å². The van der Waals surface area contributed by atoms with Gasteiger partial charge in [0.15, 0.2) is 5.82 Å². The van der Waals surface area contributed by atoms with Crippen molar-refractivity contribution < 1.29 is 13.7 Å². The van der Waals surface area contributed by atoms with Crippen LogP contribution < -0.4 is 4.90 Å². The number of aromatic nitrogens is 2. The van der Waals surface area contributed by atoms with Crippen molar-refractivity contribution in [2.24, 2.45) is 0 Å². The standard InChI is InChI=1S/C14H14FN3O2/c1-8-3-4-11(15)12(5-8)18-7-10(6-13(18)19)14-16-9(2)17-20-14/h3-5,10H,6-7H2,1-2H3/t10-/m0/s1. The molecule has 0 radical (unpaired) electrons. The van der Waals surface area contributed by atoms with Gasteiger partial charge in [-0.15, -0.1) is 0 Å². The molecule has 6 heteroatoms. The number of carbonyl (C=O) groups is 1. The van der Waals surface area contributed by atoms with E-state index in [1.807, 2.05) is 6.92 Å². The maximum Gasteiger partial charge on any atom is 0.232 e. The maximum atomic E-state index is 13.9. The normalized spacial score (nSPS) is 18.9. The summed E-state index contributed by atoms with van der Waals surface area (Å²) in [6, 6.07) is 4.73. The SMILES string of the molecule is Cc1ccc(F)c(N2C[C@@H](c3nc(C)no3)CC2=O)c1. The van der Waals surface area contributed by atoms with Crippen LogP contribution in [0.25, 0.3) is 0 Å². The Morgan fingerprint density at radius 1 is 1.40 bits per heavy atom. The zero-order chi connectivity index (χ0) is 14.3. The lowest BCUT2D eigenvalue weighted by molar-refractivity contribution is -0.117. The molecule has 1 aromatic carbocycles. The molecule has 1 aliphatic rings. The van der Waals surface area contributed by atoms with Crippen LogP contribution in [0.15, 0.2) is 22.7 Å². The molecule has 1 aromatic heterocycles. The second kappa shape index (κ2) is 4.70. The molecular weight excluding hydrogens is 261 g/mol. The Morgan fingerprint density at radius 3 is 2.90 bits per heavy atom. The van der Waals surface area contributed by atoms with E-state index in [2.05, 4.69) is 10.1 Å². The Kier molecular flexibility index (Phi) is 3.00. The lowest BCUT2D eigenvalue weighted by Gasteiger charge is -2.17. The number of rotatable bonds is 2. The summed E-state index contributed by atoms with van der Waals surface area (Å²) in [5, 5.41) is 3.73. The number of carbonyl (C=O) groups excluding carboxylic acids is 1. The predicted octanol–water partition coefficient (Wildman–Crippen LogP) is 2.35. The Morgan fingerprint density at radius 2 is 2.20 bits per heavy atom. The van der Waals surface area contributed by atoms with Gasteiger partial charge >= 0.3 is 0 Å². The third kappa shape index (κ3) is 2.17. The number of amides is 1. The number of aryl methyl sites for hydroxylation is 2. The molecule has 0 N–H and O–H groups in total. The summed E-state index contributed by atoms with van der Waals surface area (Å²) in [5.41, 5.74) is 1.22. The van der Waals surface area contributed by atoms with Gasteiger partial charge in [0.2, 0.25) is 11.8 Å². The van der Waals surface area contributed by atoms with Gasteiger partial charge in [0.1, 0.15) is 5.82 Å². The molecule has 1 saturated heterocycles. The van der Waals surface area contributed by atoms with Crippen LogP contribution in [0.3, 0.4) is 0 Å². The third-order valence-electron chi connectivity index (χ3n) is 3.41. The number of anilines is 1. The zero-order valence-electron chi connectivity index (χ0n) is 11.3. The highest BCUT2D eigenvalue weighted by Crippen LogP contribution is 2.32. The lowest BCUT2D eigenvalue weighted by atomic mass is 10.1. The molecule has 5 nitrogen and oxygen atoms in total. The predicted molar refractivity (Wildman–Crippen MR) is 69.9 cm³/mol. The van der Waals surface area contributed by atoms with E-state index in [1.165, 1.54) is 11.0 Å². The second-order valence-corrected chi connectivity index (χ2v) is 5.04. The molecule has 3 rings (SSSR count). The topological polar surface area (TPSA) is 59.2 Å². The number of nitrogens with zero attached hydrogens (tertiary/aromatic N) is 3. The maximum absolute atomic E-state index is 13.9. The van der Waals surface area contributed by atoms with Gasteiger partial charge in [0.05, 0.1) is 11.6 Å². The minimum absolute atomic E-state index is 0.129. The summed E-state index contributed by atoms with van der Waals surface area (Å²) in [5.74, 6) is 0.268. The number of halogens is 1. The van der Waals surface area contributed by atoms with Gasteiger partial charge in [0.25, 0.3) is 0 Å². The fraction of sp³-hybridized carbons (Fsp3) is 0.357. The summed E-state index contributed by atoms with van der Waals surface area (Å²) in [7, 11) is 0. The molecule has 104 valence electrons. The molecule has 1 atom stereocenters. The molecule has 0 bridgehead atoms. The van der Waals surface area contributed by atoms with Crippen LogP contribution in [-0.2, 0) is 4.79 Å². The van der Waals surface area contributed by atoms with E-state index in [9.17, 15) is 9.18 Å². The molecule has 1 amide bonds. The van der Waals surface area contributed by atoms with Crippen LogP contribution in [-0.4, -0.2) is 22.6 Å². The largest absolute Gasteiger partial charge is 0.339 e. The van der Waals surface area contributed by atoms with Crippen molar-refractivity contribution in [1.29, 1.82) is 0 Å². The first-order valence-electron chi connectivity index (χ1n) is 6.41. The summed E-state index contributed by atoms with van der Waals surface area (Å²) >= 11 is 0. The summed E-state index contributed by atoms with van der Waals surface area (Å²) in [6.45, 7) is 3.95. The van der Waals surface area contributed by atoms with E-state index >= 15 is 0 Å². The van der Waals surface area contributed by atoms with Crippen molar-refractivity contribution in [3.8, 4) is 0 Å². The molecular formula is C14H14FN3O2. The van der Waals surface area contributed by atoms with Crippen LogP contribution in [0.5, 0.6) is 0 Å². The third-order valence-corrected chi connectivity index (χ3v) is 3.41. The fourth-order valence-corrected chi connectivity index (χ4v) is 2.41. The van der Waals surface area contributed by atoms with Crippen LogP contribution in [0.1, 0.15) is 29.6 Å². The second-order valence-electron chi connectivity index (χ2n) is 5.04. The van der Waals surface area contributed by atoms with Crippen LogP contribution in [0, 0.1) is 19.7 Å². The Balaban J connectivity index is 1.89. The zero-order valence-corrected chi connectivity index (χ0v) is 11.3. The minimum atomic E-state index is -0.397. The minimum Gasteiger partial charge on any atom is -0.339 e. The van der Waals surface area contributed by atoms with Gasteiger partial charge < -0.3 is 9.42 Å². The van der Waals surface area contributed by atoms with E-state index < -0.39 is 5.82 Å². The molecule has 0 aliphatic carbocycles. The van der Waals surface area contributed by atoms with Crippen molar-refractivity contribution in [2.75, 3.05) is 11.4 Å². The van der Waals surface area contributed by atoms with Gasteiger partial charge in [-0.1, -0.05) is 11.2 Å².